The number of thioether (sulfide) groups is 1. The van der Waals surface area contributed by atoms with Gasteiger partial charge in [-0.05, 0) is 68.6 Å². The van der Waals surface area contributed by atoms with E-state index in [1.807, 2.05) is 60.6 Å². The predicted molar refractivity (Wildman–Crippen MR) is 229 cm³/mol. The van der Waals surface area contributed by atoms with Gasteiger partial charge in [-0.3, -0.25) is 24.2 Å². The number of aliphatic hydroxyl groups is 1. The van der Waals surface area contributed by atoms with Crippen molar-refractivity contribution in [3.8, 4) is 5.75 Å². The van der Waals surface area contributed by atoms with Crippen LogP contribution in [0.5, 0.6) is 5.75 Å². The Labute approximate surface area is 350 Å². The second-order valence-corrected chi connectivity index (χ2v) is 18.6. The first-order chi connectivity index (χ1) is 27.0. The van der Waals surface area contributed by atoms with Gasteiger partial charge in [0.15, 0.2) is 0 Å². The number of benzene rings is 1. The largest absolute Gasteiger partial charge is 0.497 e. The fraction of sp³-hybridized carbons (Fsp3) is 0.682. The number of methoxy groups -OCH3 is 1. The van der Waals surface area contributed by atoms with Crippen LogP contribution in [0.25, 0.3) is 0 Å². The molecule has 13 nitrogen and oxygen atoms in total. The highest BCUT2D eigenvalue weighted by molar-refractivity contribution is 8.14. The number of ether oxygens (including phenoxy) is 2. The first-order valence-corrected chi connectivity index (χ1v) is 21.5. The minimum absolute atomic E-state index is 0.0182. The second kappa shape index (κ2) is 20.9. The highest BCUT2D eigenvalue weighted by atomic mass is 32.2. The summed E-state index contributed by atoms with van der Waals surface area (Å²) in [6.45, 7) is 18.7. The molecule has 0 spiro atoms. The van der Waals surface area contributed by atoms with Crippen molar-refractivity contribution >= 4 is 46.4 Å². The molecule has 324 valence electrons. The van der Waals surface area contributed by atoms with Crippen LogP contribution < -0.4 is 10.1 Å². The average Bonchev–Trinajstić information content (AvgIpc) is 3.65. The molecule has 0 radical (unpaired) electrons. The number of aliphatic imine (C=N–C) groups is 1. The summed E-state index contributed by atoms with van der Waals surface area (Å²) in [5, 5.41) is 15.1. The van der Waals surface area contributed by atoms with Crippen molar-refractivity contribution in [2.75, 3.05) is 34.0 Å². The van der Waals surface area contributed by atoms with Crippen LogP contribution >= 0.6 is 11.8 Å². The van der Waals surface area contributed by atoms with Gasteiger partial charge >= 0.3 is 5.97 Å². The van der Waals surface area contributed by atoms with E-state index in [1.165, 1.54) is 28.8 Å². The zero-order valence-electron chi connectivity index (χ0n) is 37.2. The molecule has 58 heavy (non-hydrogen) atoms. The monoisotopic (exact) mass is 827 g/mol. The minimum Gasteiger partial charge on any atom is -0.497 e. The maximum atomic E-state index is 14.3. The van der Waals surface area contributed by atoms with Crippen LogP contribution in [0.1, 0.15) is 94.1 Å². The van der Waals surface area contributed by atoms with E-state index in [-0.39, 0.29) is 30.2 Å². The smallest absolute Gasteiger partial charge is 0.328 e. The normalized spacial score (nSPS) is 31.1. The Morgan fingerprint density at radius 2 is 1.53 bits per heavy atom. The molecule has 1 aromatic carbocycles. The minimum atomic E-state index is -1.04. The van der Waals surface area contributed by atoms with Gasteiger partial charge in [0, 0.05) is 44.8 Å². The van der Waals surface area contributed by atoms with Crippen molar-refractivity contribution in [1.82, 2.24) is 20.0 Å². The van der Waals surface area contributed by atoms with Gasteiger partial charge in [0.2, 0.25) is 23.6 Å². The second-order valence-electron chi connectivity index (χ2n) is 17.5. The van der Waals surface area contributed by atoms with Crippen molar-refractivity contribution in [2.45, 2.75) is 137 Å². The average molecular weight is 828 g/mol. The van der Waals surface area contributed by atoms with Crippen molar-refractivity contribution in [3.05, 3.63) is 41.5 Å². The van der Waals surface area contributed by atoms with E-state index >= 15 is 0 Å². The van der Waals surface area contributed by atoms with Crippen molar-refractivity contribution < 1.29 is 38.6 Å². The number of fused-ring (bicyclic) bond motifs is 1. The molecule has 10 atom stereocenters. The molecular formula is C44H69N5O8S. The summed E-state index contributed by atoms with van der Waals surface area (Å²) in [5.41, 5.74) is 0.726. The molecule has 3 rings (SSSR count). The van der Waals surface area contributed by atoms with E-state index < -0.39 is 71.4 Å². The van der Waals surface area contributed by atoms with Gasteiger partial charge in [-0.25, -0.2) is 4.79 Å². The molecule has 0 aromatic heterocycles. The molecule has 0 unspecified atom stereocenters. The van der Waals surface area contributed by atoms with Crippen LogP contribution in [0, 0.1) is 23.2 Å². The standard InChI is InChI=1S/C44H69N5O8S/c1-15-26(3)37-42(54)48(12)30(7)43(55)57-36(44(8,9)10)21-25(2)20-35(50)28(5)39-45-32(24-58-39)22-27(4)38(51)46-34(23-31-16-18-33(56-14)19-17-31)41(53)47(11)29(6)40(52)49(37)13/h16-19,22,25-26,28-30,32,34-37,50H,15,20-21,23-24H2,1-14H3,(H,46,51)/b27-22+/t25-,26-,28-,29-,30-,32-,34-,35-,36-,37-/m0/s1. The highest BCUT2D eigenvalue weighted by Crippen LogP contribution is 2.33. The third-order valence-electron chi connectivity index (χ3n) is 11.9. The maximum absolute atomic E-state index is 14.3. The number of aliphatic hydroxyl groups excluding tert-OH is 1. The number of cyclic esters (lactones) is 1. The molecule has 14 heteroatoms. The van der Waals surface area contributed by atoms with E-state index in [2.05, 4.69) is 5.32 Å². The number of nitrogens with zero attached hydrogens (tertiary/aromatic N) is 4. The SMILES string of the molecule is CC[C@H](C)[C@H]1C(=O)N(C)[C@@H](C)C(=O)O[C@H](C(C)(C)C)C[C@@H](C)C[C@H](O)[C@H](C)C2=N[C@@H](/C=C(\C)C(=O)N[C@@H](Cc3ccc(OC)cc3)C(=O)N(C)[C@@H](C)C(=O)N1C)CS2. The summed E-state index contributed by atoms with van der Waals surface area (Å²) in [4.78, 5) is 79.3. The molecule has 2 aliphatic rings. The molecule has 2 aliphatic heterocycles. The van der Waals surface area contributed by atoms with Crippen molar-refractivity contribution in [3.63, 3.8) is 0 Å². The Kier molecular flexibility index (Phi) is 17.4. The molecule has 2 bridgehead atoms. The van der Waals surface area contributed by atoms with Gasteiger partial charge in [0.1, 0.15) is 36.0 Å². The summed E-state index contributed by atoms with van der Waals surface area (Å²) in [7, 11) is 6.16. The van der Waals surface area contributed by atoms with Gasteiger partial charge in [-0.1, -0.05) is 73.1 Å². The molecule has 0 saturated heterocycles. The van der Waals surface area contributed by atoms with Gasteiger partial charge in [-0.2, -0.15) is 0 Å². The highest BCUT2D eigenvalue weighted by Gasteiger charge is 2.41. The summed E-state index contributed by atoms with van der Waals surface area (Å²) < 4.78 is 11.5. The number of nitrogens with one attached hydrogen (secondary N) is 1. The van der Waals surface area contributed by atoms with Gasteiger partial charge in [0.05, 0.1) is 24.3 Å². The summed E-state index contributed by atoms with van der Waals surface area (Å²) in [6.07, 6.45) is 2.23. The Bertz CT molecular complexity index is 1680. The predicted octanol–water partition coefficient (Wildman–Crippen LogP) is 5.13. The summed E-state index contributed by atoms with van der Waals surface area (Å²) >= 11 is 1.55. The fourth-order valence-electron chi connectivity index (χ4n) is 7.24. The quantitative estimate of drug-likeness (QED) is 0.384. The third-order valence-corrected chi connectivity index (χ3v) is 13.2. The third kappa shape index (κ3) is 12.3. The molecule has 0 aliphatic carbocycles. The molecule has 2 heterocycles. The Morgan fingerprint density at radius 1 is 0.931 bits per heavy atom. The van der Waals surface area contributed by atoms with Crippen LogP contribution in [-0.2, 0) is 35.1 Å². The molecule has 1 aromatic rings. The summed E-state index contributed by atoms with van der Waals surface area (Å²) in [6, 6.07) is 2.92. The van der Waals surface area contributed by atoms with Crippen molar-refractivity contribution in [1.29, 1.82) is 0 Å². The fourth-order valence-corrected chi connectivity index (χ4v) is 8.38. The molecule has 4 amide bonds. The van der Waals surface area contributed by atoms with E-state index in [1.54, 1.807) is 64.9 Å². The Hall–Kier alpha value is -3.91. The van der Waals surface area contributed by atoms with Gasteiger partial charge < -0.3 is 34.6 Å². The summed E-state index contributed by atoms with van der Waals surface area (Å²) in [5.74, 6) is -1.72. The van der Waals surface area contributed by atoms with Crippen LogP contribution in [0.3, 0.4) is 0 Å². The lowest BCUT2D eigenvalue weighted by atomic mass is 9.81. The van der Waals surface area contributed by atoms with Crippen LogP contribution in [-0.4, -0.2) is 131 Å². The number of likely N-dealkylation sites (N-methyl/N-ethyl adjacent to an activating group) is 3. The molecular weight excluding hydrogens is 759 g/mol. The molecule has 2 N–H and O–H groups in total. The number of amides is 4. The van der Waals surface area contributed by atoms with Crippen LogP contribution in [0.4, 0.5) is 0 Å². The lowest BCUT2D eigenvalue weighted by Crippen LogP contribution is -2.59. The molecule has 0 saturated carbocycles. The number of carbonyl (C=O) groups excluding carboxylic acids is 5. The lowest BCUT2D eigenvalue weighted by Gasteiger charge is -2.39. The Morgan fingerprint density at radius 3 is 2.10 bits per heavy atom. The lowest BCUT2D eigenvalue weighted by molar-refractivity contribution is -0.166. The van der Waals surface area contributed by atoms with Crippen LogP contribution in [0.15, 0.2) is 40.9 Å². The maximum Gasteiger partial charge on any atom is 0.328 e. The number of rotatable bonds is 5. The van der Waals surface area contributed by atoms with Crippen LogP contribution in [0.2, 0.25) is 0 Å². The van der Waals surface area contributed by atoms with E-state index in [0.29, 0.717) is 36.3 Å². The zero-order valence-corrected chi connectivity index (χ0v) is 38.0. The van der Waals surface area contributed by atoms with Gasteiger partial charge in [0.25, 0.3) is 0 Å². The number of hydrogen-bond acceptors (Lipinski definition) is 10. The van der Waals surface area contributed by atoms with E-state index in [9.17, 15) is 29.1 Å². The van der Waals surface area contributed by atoms with E-state index in [0.717, 1.165) is 10.6 Å². The topological polar surface area (TPSA) is 158 Å². The first kappa shape index (κ1) is 48.5. The Balaban J connectivity index is 2.08. The number of esters is 1. The first-order valence-electron chi connectivity index (χ1n) is 20.5. The van der Waals surface area contributed by atoms with Crippen molar-refractivity contribution in [2.24, 2.45) is 28.2 Å². The zero-order chi connectivity index (χ0) is 43.8. The van der Waals surface area contributed by atoms with E-state index in [4.69, 9.17) is 14.5 Å². The number of carbonyl (C=O) groups is 5. The molecule has 0 fully saturated rings. The van der Waals surface area contributed by atoms with Gasteiger partial charge in [-0.15, -0.1) is 11.8 Å². The number of hydrogen-bond donors (Lipinski definition) is 2.